The molecule has 36 heavy (non-hydrogen) atoms. The standard InChI is InChI=1S/C26H22ClN7O2/c1-36-23-6-5-18(27)14-21(23)32-26(35)31-20-3-2-4-22-19(20)8-12-34(22)16-17-7-9-29-24(13-17)33-25-15-28-10-11-30-25/h2-15H,16H2,1H3,(H,29,30,33)(H2,31,32,35). The predicted molar refractivity (Wildman–Crippen MR) is 141 cm³/mol. The molecular formula is C26H22ClN7O2. The number of ether oxygens (including phenoxy) is 1. The number of methoxy groups -OCH3 is 1. The zero-order valence-corrected chi connectivity index (χ0v) is 20.0. The van der Waals surface area contributed by atoms with Crippen LogP contribution >= 0.6 is 11.6 Å². The van der Waals surface area contributed by atoms with Crippen LogP contribution in [0.4, 0.5) is 27.8 Å². The van der Waals surface area contributed by atoms with Crippen LogP contribution in [-0.4, -0.2) is 32.7 Å². The van der Waals surface area contributed by atoms with Crippen LogP contribution < -0.4 is 20.7 Å². The number of amides is 2. The van der Waals surface area contributed by atoms with Gasteiger partial charge in [0.15, 0.2) is 0 Å². The van der Waals surface area contributed by atoms with Crippen LogP contribution in [0.2, 0.25) is 5.02 Å². The van der Waals surface area contributed by atoms with Gasteiger partial charge in [-0.05, 0) is 54.1 Å². The number of urea groups is 1. The fraction of sp³-hybridized carbons (Fsp3) is 0.0769. The van der Waals surface area contributed by atoms with Crippen LogP contribution in [0.5, 0.6) is 5.75 Å². The normalized spacial score (nSPS) is 10.7. The number of benzene rings is 2. The number of aromatic nitrogens is 4. The SMILES string of the molecule is COc1ccc(Cl)cc1NC(=O)Nc1cccc2c1ccn2Cc1ccnc(Nc2cnccn2)c1. The number of pyridine rings is 1. The summed E-state index contributed by atoms with van der Waals surface area (Å²) < 4.78 is 7.41. The minimum atomic E-state index is -0.398. The number of anilines is 4. The lowest BCUT2D eigenvalue weighted by atomic mass is 10.2. The van der Waals surface area contributed by atoms with Gasteiger partial charge in [0.25, 0.3) is 0 Å². The third kappa shape index (κ3) is 5.21. The highest BCUT2D eigenvalue weighted by atomic mass is 35.5. The Morgan fingerprint density at radius 1 is 0.972 bits per heavy atom. The summed E-state index contributed by atoms with van der Waals surface area (Å²) in [6.07, 6.45) is 8.62. The van der Waals surface area contributed by atoms with Crippen molar-refractivity contribution in [3.05, 3.63) is 96.2 Å². The highest BCUT2D eigenvalue weighted by Gasteiger charge is 2.12. The first-order valence-electron chi connectivity index (χ1n) is 11.1. The Morgan fingerprint density at radius 2 is 1.83 bits per heavy atom. The molecule has 0 saturated heterocycles. The molecule has 2 amide bonds. The molecular weight excluding hydrogens is 478 g/mol. The van der Waals surface area contributed by atoms with Crippen LogP contribution in [0.15, 0.2) is 85.6 Å². The van der Waals surface area contributed by atoms with E-state index in [0.29, 0.717) is 40.3 Å². The van der Waals surface area contributed by atoms with E-state index in [2.05, 4.69) is 35.5 Å². The van der Waals surface area contributed by atoms with Crippen LogP contribution in [0, 0.1) is 0 Å². The number of halogens is 1. The van der Waals surface area contributed by atoms with E-state index < -0.39 is 6.03 Å². The van der Waals surface area contributed by atoms with Crippen molar-refractivity contribution in [2.45, 2.75) is 6.54 Å². The fourth-order valence-electron chi connectivity index (χ4n) is 3.86. The van der Waals surface area contributed by atoms with Crippen molar-refractivity contribution >= 4 is 51.5 Å². The Bertz CT molecular complexity index is 1520. The molecule has 0 aliphatic carbocycles. The van der Waals surface area contributed by atoms with Gasteiger partial charge in [0.05, 0.1) is 30.2 Å². The third-order valence-corrected chi connectivity index (χ3v) is 5.70. The molecule has 0 aliphatic heterocycles. The van der Waals surface area contributed by atoms with E-state index >= 15 is 0 Å². The van der Waals surface area contributed by atoms with E-state index in [-0.39, 0.29) is 0 Å². The average molecular weight is 500 g/mol. The predicted octanol–water partition coefficient (Wildman–Crippen LogP) is 5.92. The number of carbonyl (C=O) groups is 1. The van der Waals surface area contributed by atoms with Gasteiger partial charge < -0.3 is 25.3 Å². The summed E-state index contributed by atoms with van der Waals surface area (Å²) in [4.78, 5) is 25.4. The minimum Gasteiger partial charge on any atom is -0.495 e. The number of hydrogen-bond donors (Lipinski definition) is 3. The average Bonchev–Trinajstić information content (AvgIpc) is 3.29. The second-order valence-electron chi connectivity index (χ2n) is 7.87. The molecule has 3 heterocycles. The monoisotopic (exact) mass is 499 g/mol. The molecule has 0 saturated carbocycles. The smallest absolute Gasteiger partial charge is 0.323 e. The van der Waals surface area contributed by atoms with Crippen molar-refractivity contribution in [3.8, 4) is 5.75 Å². The van der Waals surface area contributed by atoms with Crippen LogP contribution in [0.1, 0.15) is 5.56 Å². The molecule has 0 fully saturated rings. The summed E-state index contributed by atoms with van der Waals surface area (Å²) >= 11 is 6.07. The molecule has 0 unspecified atom stereocenters. The summed E-state index contributed by atoms with van der Waals surface area (Å²) in [7, 11) is 1.54. The Balaban J connectivity index is 1.33. The molecule has 0 aliphatic rings. The molecule has 10 heteroatoms. The highest BCUT2D eigenvalue weighted by molar-refractivity contribution is 6.31. The van der Waals surface area contributed by atoms with Gasteiger partial charge in [-0.15, -0.1) is 0 Å². The van der Waals surface area contributed by atoms with Crippen molar-refractivity contribution < 1.29 is 9.53 Å². The maximum absolute atomic E-state index is 12.7. The van der Waals surface area contributed by atoms with Crippen LogP contribution in [0.3, 0.4) is 0 Å². The lowest BCUT2D eigenvalue weighted by Crippen LogP contribution is -2.20. The Hall–Kier alpha value is -4.63. The number of carbonyl (C=O) groups excluding carboxylic acids is 1. The number of hydrogen-bond acceptors (Lipinski definition) is 6. The van der Waals surface area contributed by atoms with Gasteiger partial charge in [-0.2, -0.15) is 0 Å². The summed E-state index contributed by atoms with van der Waals surface area (Å²) in [6, 6.07) is 16.3. The van der Waals surface area contributed by atoms with Gasteiger partial charge in [-0.3, -0.25) is 4.98 Å². The number of fused-ring (bicyclic) bond motifs is 1. The maximum atomic E-state index is 12.7. The highest BCUT2D eigenvalue weighted by Crippen LogP contribution is 2.29. The molecule has 0 bridgehead atoms. The van der Waals surface area contributed by atoms with Crippen molar-refractivity contribution in [3.63, 3.8) is 0 Å². The van der Waals surface area contributed by atoms with Gasteiger partial charge in [0.1, 0.15) is 17.4 Å². The van der Waals surface area contributed by atoms with E-state index in [9.17, 15) is 4.79 Å². The molecule has 3 aromatic heterocycles. The molecule has 9 nitrogen and oxygen atoms in total. The summed E-state index contributed by atoms with van der Waals surface area (Å²) in [5.41, 5.74) is 3.20. The second kappa shape index (κ2) is 10.3. The first kappa shape index (κ1) is 23.1. The summed E-state index contributed by atoms with van der Waals surface area (Å²) in [5.74, 6) is 1.82. The van der Waals surface area contributed by atoms with Gasteiger partial charge in [0.2, 0.25) is 0 Å². The molecule has 5 rings (SSSR count). The van der Waals surface area contributed by atoms with Gasteiger partial charge in [-0.25, -0.2) is 14.8 Å². The topological polar surface area (TPSA) is 106 Å². The molecule has 0 spiro atoms. The number of nitrogens with zero attached hydrogens (tertiary/aromatic N) is 4. The molecule has 0 radical (unpaired) electrons. The largest absolute Gasteiger partial charge is 0.495 e. The zero-order chi connectivity index (χ0) is 24.9. The summed E-state index contributed by atoms with van der Waals surface area (Å²) in [5, 5.41) is 10.3. The second-order valence-corrected chi connectivity index (χ2v) is 8.31. The molecule has 2 aromatic carbocycles. The first-order chi connectivity index (χ1) is 17.6. The Morgan fingerprint density at radius 3 is 2.67 bits per heavy atom. The van der Waals surface area contributed by atoms with E-state index in [0.717, 1.165) is 16.5 Å². The minimum absolute atomic E-state index is 0.398. The lowest BCUT2D eigenvalue weighted by Gasteiger charge is -2.13. The molecule has 5 aromatic rings. The van der Waals surface area contributed by atoms with Crippen molar-refractivity contribution in [1.29, 1.82) is 0 Å². The molecule has 180 valence electrons. The molecule has 0 atom stereocenters. The fourth-order valence-corrected chi connectivity index (χ4v) is 4.03. The first-order valence-corrected chi connectivity index (χ1v) is 11.4. The van der Waals surface area contributed by atoms with Gasteiger partial charge in [-0.1, -0.05) is 17.7 Å². The number of rotatable bonds is 7. The van der Waals surface area contributed by atoms with E-state index in [1.54, 1.807) is 43.0 Å². The lowest BCUT2D eigenvalue weighted by molar-refractivity contribution is 0.262. The Labute approximate surface area is 212 Å². The van der Waals surface area contributed by atoms with E-state index in [1.807, 2.05) is 42.6 Å². The van der Waals surface area contributed by atoms with E-state index in [1.165, 1.54) is 7.11 Å². The third-order valence-electron chi connectivity index (χ3n) is 5.47. The van der Waals surface area contributed by atoms with Crippen LogP contribution in [-0.2, 0) is 6.54 Å². The van der Waals surface area contributed by atoms with Crippen molar-refractivity contribution in [2.75, 3.05) is 23.1 Å². The quantitative estimate of drug-likeness (QED) is 0.256. The van der Waals surface area contributed by atoms with E-state index in [4.69, 9.17) is 16.3 Å². The number of nitrogens with one attached hydrogen (secondary N) is 3. The molecule has 3 N–H and O–H groups in total. The zero-order valence-electron chi connectivity index (χ0n) is 19.3. The van der Waals surface area contributed by atoms with Gasteiger partial charge >= 0.3 is 6.03 Å². The van der Waals surface area contributed by atoms with Crippen molar-refractivity contribution in [2.24, 2.45) is 0 Å². The van der Waals surface area contributed by atoms with Crippen molar-refractivity contribution in [1.82, 2.24) is 19.5 Å². The summed E-state index contributed by atoms with van der Waals surface area (Å²) in [6.45, 7) is 0.622. The maximum Gasteiger partial charge on any atom is 0.323 e. The van der Waals surface area contributed by atoms with Gasteiger partial charge in [0, 0.05) is 41.7 Å². The van der Waals surface area contributed by atoms with Crippen LogP contribution in [0.25, 0.3) is 10.9 Å². The Kier molecular flexibility index (Phi) is 6.63.